The Morgan fingerprint density at radius 2 is 1.62 bits per heavy atom. The van der Waals surface area contributed by atoms with Gasteiger partial charge in [-0.1, -0.05) is 94.2 Å². The van der Waals surface area contributed by atoms with E-state index in [1.807, 2.05) is 18.2 Å². The highest BCUT2D eigenvalue weighted by atomic mass is 19.1. The Labute approximate surface area is 193 Å². The van der Waals surface area contributed by atoms with Crippen molar-refractivity contribution >= 4 is 10.8 Å². The second-order valence-corrected chi connectivity index (χ2v) is 9.62. The lowest BCUT2D eigenvalue weighted by molar-refractivity contribution is 0.348. The van der Waals surface area contributed by atoms with Gasteiger partial charge in [-0.15, -0.1) is 0 Å². The number of aryl methyl sites for hydroxylation is 1. The minimum absolute atomic E-state index is 0.208. The summed E-state index contributed by atoms with van der Waals surface area (Å²) in [4.78, 5) is 0. The van der Waals surface area contributed by atoms with Crippen LogP contribution < -0.4 is 0 Å². The maximum absolute atomic E-state index is 15.1. The molecule has 0 aliphatic heterocycles. The van der Waals surface area contributed by atoms with E-state index in [0.29, 0.717) is 16.9 Å². The molecule has 0 aromatic heterocycles. The maximum Gasteiger partial charge on any atom is 0.146 e. The number of halogens is 1. The molecule has 0 heterocycles. The van der Waals surface area contributed by atoms with E-state index in [0.717, 1.165) is 23.3 Å². The van der Waals surface area contributed by atoms with Gasteiger partial charge in [0.15, 0.2) is 0 Å². The molecule has 0 saturated heterocycles. The average Bonchev–Trinajstić information content (AvgIpc) is 2.82. The molecule has 32 heavy (non-hydrogen) atoms. The smallest absolute Gasteiger partial charge is 0.146 e. The molecule has 1 aliphatic rings. The molecule has 1 aliphatic carbocycles. The summed E-state index contributed by atoms with van der Waals surface area (Å²) in [6, 6.07) is 18.5. The van der Waals surface area contributed by atoms with Gasteiger partial charge in [0.25, 0.3) is 0 Å². The minimum Gasteiger partial charge on any atom is -0.205 e. The molecule has 0 amide bonds. The fourth-order valence-corrected chi connectivity index (χ4v) is 4.92. The topological polar surface area (TPSA) is 0 Å². The Morgan fingerprint density at radius 1 is 0.844 bits per heavy atom. The number of rotatable bonds is 6. The van der Waals surface area contributed by atoms with Gasteiger partial charge in [-0.25, -0.2) is 4.39 Å². The highest BCUT2D eigenvalue weighted by Gasteiger charge is 2.19. The van der Waals surface area contributed by atoms with E-state index in [1.165, 1.54) is 62.5 Å². The zero-order valence-corrected chi connectivity index (χ0v) is 19.6. The molecule has 0 unspecified atom stereocenters. The lowest BCUT2D eigenvalue weighted by atomic mass is 9.79. The summed E-state index contributed by atoms with van der Waals surface area (Å²) in [6.45, 7) is 4.58. The fraction of sp³-hybridized carbons (Fsp3) is 0.419. The van der Waals surface area contributed by atoms with Gasteiger partial charge in [-0.3, -0.25) is 0 Å². The van der Waals surface area contributed by atoms with E-state index in [4.69, 9.17) is 0 Å². The first-order chi connectivity index (χ1) is 15.6. The van der Waals surface area contributed by atoms with Crippen LogP contribution >= 0.6 is 0 Å². The van der Waals surface area contributed by atoms with Crippen molar-refractivity contribution in [1.82, 2.24) is 0 Å². The van der Waals surface area contributed by atoms with Crippen LogP contribution in [0, 0.1) is 23.6 Å². The minimum atomic E-state index is -0.208. The zero-order chi connectivity index (χ0) is 22.3. The average molecular weight is 427 g/mol. The highest BCUT2D eigenvalue weighted by Crippen LogP contribution is 2.35. The molecule has 4 rings (SSSR count). The second-order valence-electron chi connectivity index (χ2n) is 9.62. The lowest BCUT2D eigenvalue weighted by Gasteiger charge is -2.26. The van der Waals surface area contributed by atoms with Crippen molar-refractivity contribution in [3.05, 3.63) is 82.7 Å². The predicted octanol–water partition coefficient (Wildman–Crippen LogP) is 8.80. The number of hydrogen-bond acceptors (Lipinski definition) is 0. The standard InChI is InChI=1S/C31H35F/c1-3-4-5-6-7-25-13-21-30-29(22-25)20-19-28(31(30)32)18-12-24-10-16-27(17-11-24)26-14-8-23(2)9-15-26/h10-11,13,16-17,19-23,26H,3-9,14-15H2,1-2H3. The van der Waals surface area contributed by atoms with E-state index in [2.05, 4.69) is 62.1 Å². The normalized spacial score (nSPS) is 18.3. The Kier molecular flexibility index (Phi) is 7.64. The highest BCUT2D eigenvalue weighted by molar-refractivity contribution is 5.85. The summed E-state index contributed by atoms with van der Waals surface area (Å²) < 4.78 is 15.1. The third kappa shape index (κ3) is 5.60. The van der Waals surface area contributed by atoms with Crippen molar-refractivity contribution in [2.24, 2.45) is 5.92 Å². The van der Waals surface area contributed by atoms with Crippen LogP contribution in [0.5, 0.6) is 0 Å². The second kappa shape index (κ2) is 10.8. The van der Waals surface area contributed by atoms with Crippen molar-refractivity contribution in [2.45, 2.75) is 77.6 Å². The number of unbranched alkanes of at least 4 members (excludes halogenated alkanes) is 3. The van der Waals surface area contributed by atoms with Crippen LogP contribution in [0.25, 0.3) is 10.8 Å². The summed E-state index contributed by atoms with van der Waals surface area (Å²) in [6.07, 6.45) is 11.3. The monoisotopic (exact) mass is 426 g/mol. The van der Waals surface area contributed by atoms with E-state index in [-0.39, 0.29) is 5.82 Å². The van der Waals surface area contributed by atoms with E-state index in [9.17, 15) is 0 Å². The molecular weight excluding hydrogens is 391 g/mol. The van der Waals surface area contributed by atoms with Crippen molar-refractivity contribution in [3.8, 4) is 11.8 Å². The third-order valence-corrected chi connectivity index (χ3v) is 7.08. The van der Waals surface area contributed by atoms with Crippen LogP contribution in [0.15, 0.2) is 54.6 Å². The zero-order valence-electron chi connectivity index (χ0n) is 19.6. The van der Waals surface area contributed by atoms with Gasteiger partial charge in [0.1, 0.15) is 5.82 Å². The van der Waals surface area contributed by atoms with E-state index >= 15 is 4.39 Å². The van der Waals surface area contributed by atoms with Crippen molar-refractivity contribution in [3.63, 3.8) is 0 Å². The Morgan fingerprint density at radius 3 is 2.38 bits per heavy atom. The number of hydrogen-bond donors (Lipinski definition) is 0. The van der Waals surface area contributed by atoms with Crippen LogP contribution in [0.1, 0.15) is 93.4 Å². The molecule has 0 N–H and O–H groups in total. The van der Waals surface area contributed by atoms with Gasteiger partial charge in [0.2, 0.25) is 0 Å². The SMILES string of the molecule is CCCCCCc1ccc2c(F)c(C#Cc3ccc(C4CCC(C)CC4)cc3)ccc2c1. The van der Waals surface area contributed by atoms with Crippen LogP contribution in [-0.4, -0.2) is 0 Å². The van der Waals surface area contributed by atoms with Gasteiger partial charge in [-0.05, 0) is 72.2 Å². The van der Waals surface area contributed by atoms with E-state index in [1.54, 1.807) is 0 Å². The maximum atomic E-state index is 15.1. The summed E-state index contributed by atoms with van der Waals surface area (Å²) in [5.41, 5.74) is 4.13. The van der Waals surface area contributed by atoms with Crippen LogP contribution in [-0.2, 0) is 6.42 Å². The first kappa shape index (κ1) is 22.6. The Bertz CT molecular complexity index is 1090. The molecule has 1 heteroatoms. The first-order valence-electron chi connectivity index (χ1n) is 12.5. The summed E-state index contributed by atoms with van der Waals surface area (Å²) in [5.74, 6) is 7.57. The van der Waals surface area contributed by atoms with Gasteiger partial charge < -0.3 is 0 Å². The molecule has 1 saturated carbocycles. The predicted molar refractivity (Wildman–Crippen MR) is 135 cm³/mol. The van der Waals surface area contributed by atoms with E-state index < -0.39 is 0 Å². The van der Waals surface area contributed by atoms with Crippen molar-refractivity contribution < 1.29 is 4.39 Å². The first-order valence-corrected chi connectivity index (χ1v) is 12.5. The van der Waals surface area contributed by atoms with Gasteiger partial charge in [-0.2, -0.15) is 0 Å². The summed E-state index contributed by atoms with van der Waals surface area (Å²) in [5, 5.41) is 1.63. The number of fused-ring (bicyclic) bond motifs is 1. The van der Waals surface area contributed by atoms with Gasteiger partial charge >= 0.3 is 0 Å². The van der Waals surface area contributed by atoms with Crippen LogP contribution in [0.2, 0.25) is 0 Å². The molecule has 0 atom stereocenters. The molecule has 0 nitrogen and oxygen atoms in total. The van der Waals surface area contributed by atoms with Crippen molar-refractivity contribution in [2.75, 3.05) is 0 Å². The molecular formula is C31H35F. The molecule has 0 spiro atoms. The van der Waals surface area contributed by atoms with Gasteiger partial charge in [0.05, 0.1) is 5.56 Å². The molecule has 1 fully saturated rings. The third-order valence-electron chi connectivity index (χ3n) is 7.08. The lowest BCUT2D eigenvalue weighted by Crippen LogP contribution is -2.10. The fourth-order valence-electron chi connectivity index (χ4n) is 4.92. The van der Waals surface area contributed by atoms with Crippen LogP contribution in [0.4, 0.5) is 4.39 Å². The summed E-state index contributed by atoms with van der Waals surface area (Å²) >= 11 is 0. The largest absolute Gasteiger partial charge is 0.205 e. The number of benzene rings is 3. The van der Waals surface area contributed by atoms with Crippen LogP contribution in [0.3, 0.4) is 0 Å². The molecule has 0 radical (unpaired) electrons. The Balaban J connectivity index is 1.45. The van der Waals surface area contributed by atoms with Gasteiger partial charge in [0, 0.05) is 10.9 Å². The molecule has 3 aromatic carbocycles. The molecule has 3 aromatic rings. The molecule has 0 bridgehead atoms. The quantitative estimate of drug-likeness (QED) is 0.273. The molecule has 166 valence electrons. The summed E-state index contributed by atoms with van der Waals surface area (Å²) in [7, 11) is 0. The van der Waals surface area contributed by atoms with Crippen molar-refractivity contribution in [1.29, 1.82) is 0 Å². The Hall–Kier alpha value is -2.59.